The summed E-state index contributed by atoms with van der Waals surface area (Å²) in [5.41, 5.74) is 0.864. The Labute approximate surface area is 104 Å². The lowest BCUT2D eigenvalue weighted by Crippen LogP contribution is -2.19. The highest BCUT2D eigenvalue weighted by Gasteiger charge is 2.00. The summed E-state index contributed by atoms with van der Waals surface area (Å²) in [4.78, 5) is 11.3. The van der Waals surface area contributed by atoms with Crippen LogP contribution >= 0.6 is 15.9 Å². The van der Waals surface area contributed by atoms with Crippen molar-refractivity contribution in [3.05, 3.63) is 34.3 Å². The van der Waals surface area contributed by atoms with Gasteiger partial charge < -0.3 is 10.1 Å². The van der Waals surface area contributed by atoms with Crippen molar-refractivity contribution in [3.63, 3.8) is 0 Å². The molecule has 16 heavy (non-hydrogen) atoms. The molecule has 0 aliphatic heterocycles. The molecule has 0 bridgehead atoms. The van der Waals surface area contributed by atoms with E-state index in [1.807, 2.05) is 25.1 Å². The SMILES string of the molecule is CCNC(=O)C=Cc1cc(Br)ccc1OC. The van der Waals surface area contributed by atoms with Crippen molar-refractivity contribution in [2.24, 2.45) is 0 Å². The van der Waals surface area contributed by atoms with Crippen molar-refractivity contribution in [2.45, 2.75) is 6.92 Å². The number of ether oxygens (including phenoxy) is 1. The van der Waals surface area contributed by atoms with Crippen LogP contribution in [0.3, 0.4) is 0 Å². The van der Waals surface area contributed by atoms with E-state index in [2.05, 4.69) is 21.2 Å². The number of carbonyl (C=O) groups excluding carboxylic acids is 1. The maximum Gasteiger partial charge on any atom is 0.243 e. The van der Waals surface area contributed by atoms with Crippen molar-refractivity contribution in [2.75, 3.05) is 13.7 Å². The van der Waals surface area contributed by atoms with Gasteiger partial charge in [-0.2, -0.15) is 0 Å². The third-order valence-corrected chi connectivity index (χ3v) is 2.45. The molecule has 0 fully saturated rings. The van der Waals surface area contributed by atoms with Gasteiger partial charge in [0.2, 0.25) is 5.91 Å². The van der Waals surface area contributed by atoms with Crippen LogP contribution in [0.4, 0.5) is 0 Å². The minimum atomic E-state index is -0.107. The molecule has 0 unspecified atom stereocenters. The fourth-order valence-electron chi connectivity index (χ4n) is 1.23. The average Bonchev–Trinajstić information content (AvgIpc) is 2.27. The van der Waals surface area contributed by atoms with Gasteiger partial charge in [0.25, 0.3) is 0 Å². The molecule has 1 aromatic carbocycles. The summed E-state index contributed by atoms with van der Waals surface area (Å²) in [6.45, 7) is 2.50. The predicted octanol–water partition coefficient (Wildman–Crippen LogP) is 2.61. The molecule has 1 amide bonds. The number of carbonyl (C=O) groups is 1. The quantitative estimate of drug-likeness (QED) is 0.863. The average molecular weight is 284 g/mol. The zero-order chi connectivity index (χ0) is 12.0. The predicted molar refractivity (Wildman–Crippen MR) is 68.4 cm³/mol. The second-order valence-corrected chi connectivity index (χ2v) is 4.03. The van der Waals surface area contributed by atoms with Crippen LogP contribution in [-0.2, 0) is 4.79 Å². The number of likely N-dealkylation sites (N-methyl/N-ethyl adjacent to an activating group) is 1. The fraction of sp³-hybridized carbons (Fsp3) is 0.250. The van der Waals surface area contributed by atoms with Crippen LogP contribution in [0.15, 0.2) is 28.7 Å². The summed E-state index contributed by atoms with van der Waals surface area (Å²) in [7, 11) is 1.60. The molecule has 0 saturated carbocycles. The first kappa shape index (κ1) is 12.8. The fourth-order valence-corrected chi connectivity index (χ4v) is 1.61. The highest BCUT2D eigenvalue weighted by molar-refractivity contribution is 9.10. The Morgan fingerprint density at radius 2 is 2.31 bits per heavy atom. The topological polar surface area (TPSA) is 38.3 Å². The van der Waals surface area contributed by atoms with Crippen molar-refractivity contribution in [3.8, 4) is 5.75 Å². The lowest BCUT2D eigenvalue weighted by atomic mass is 10.2. The van der Waals surface area contributed by atoms with Gasteiger partial charge in [-0.3, -0.25) is 4.79 Å². The molecule has 3 nitrogen and oxygen atoms in total. The number of amides is 1. The Bertz CT molecular complexity index is 402. The van der Waals surface area contributed by atoms with E-state index in [9.17, 15) is 4.79 Å². The van der Waals surface area contributed by atoms with Crippen LogP contribution in [-0.4, -0.2) is 19.6 Å². The highest BCUT2D eigenvalue weighted by Crippen LogP contribution is 2.23. The van der Waals surface area contributed by atoms with Crippen molar-refractivity contribution >= 4 is 27.9 Å². The molecule has 4 heteroatoms. The second-order valence-electron chi connectivity index (χ2n) is 3.11. The smallest absolute Gasteiger partial charge is 0.243 e. The van der Waals surface area contributed by atoms with E-state index in [0.717, 1.165) is 15.8 Å². The van der Waals surface area contributed by atoms with E-state index in [4.69, 9.17) is 4.74 Å². The highest BCUT2D eigenvalue weighted by atomic mass is 79.9. The zero-order valence-electron chi connectivity index (χ0n) is 9.29. The summed E-state index contributed by atoms with van der Waals surface area (Å²) in [6, 6.07) is 5.64. The molecule has 0 spiro atoms. The molecule has 86 valence electrons. The van der Waals surface area contributed by atoms with Crippen molar-refractivity contribution < 1.29 is 9.53 Å². The number of rotatable bonds is 4. The Balaban J connectivity index is 2.86. The summed E-state index contributed by atoms with van der Waals surface area (Å²) in [5.74, 6) is 0.633. The first-order chi connectivity index (χ1) is 7.67. The van der Waals surface area contributed by atoms with Gasteiger partial charge in [0.1, 0.15) is 5.75 Å². The molecule has 0 aromatic heterocycles. The van der Waals surface area contributed by atoms with Crippen molar-refractivity contribution in [1.29, 1.82) is 0 Å². The van der Waals surface area contributed by atoms with Gasteiger partial charge in [-0.1, -0.05) is 15.9 Å². The number of nitrogens with one attached hydrogen (secondary N) is 1. The van der Waals surface area contributed by atoms with Crippen LogP contribution < -0.4 is 10.1 Å². The van der Waals surface area contributed by atoms with Gasteiger partial charge in [-0.15, -0.1) is 0 Å². The summed E-state index contributed by atoms with van der Waals surface area (Å²) in [6.07, 6.45) is 3.22. The van der Waals surface area contributed by atoms with E-state index in [1.54, 1.807) is 13.2 Å². The standard InChI is InChI=1S/C12H14BrNO2/c1-3-14-12(15)7-4-9-8-10(13)5-6-11(9)16-2/h4-8H,3H2,1-2H3,(H,14,15). The number of benzene rings is 1. The minimum Gasteiger partial charge on any atom is -0.496 e. The number of methoxy groups -OCH3 is 1. The number of hydrogen-bond donors (Lipinski definition) is 1. The van der Waals surface area contributed by atoms with E-state index in [-0.39, 0.29) is 5.91 Å². The van der Waals surface area contributed by atoms with E-state index in [0.29, 0.717) is 6.54 Å². The summed E-state index contributed by atoms with van der Waals surface area (Å²) >= 11 is 3.37. The normalized spacial score (nSPS) is 10.4. The Hall–Kier alpha value is -1.29. The monoisotopic (exact) mass is 283 g/mol. The lowest BCUT2D eigenvalue weighted by molar-refractivity contribution is -0.116. The summed E-state index contributed by atoms with van der Waals surface area (Å²) < 4.78 is 6.14. The van der Waals surface area contributed by atoms with Crippen LogP contribution in [0, 0.1) is 0 Å². The van der Waals surface area contributed by atoms with Crippen molar-refractivity contribution in [1.82, 2.24) is 5.32 Å². The third-order valence-electron chi connectivity index (χ3n) is 1.96. The summed E-state index contributed by atoms with van der Waals surface area (Å²) in [5, 5.41) is 2.69. The molecular weight excluding hydrogens is 270 g/mol. The molecule has 1 rings (SSSR count). The number of halogens is 1. The van der Waals surface area contributed by atoms with Gasteiger partial charge in [-0.05, 0) is 31.2 Å². The maximum absolute atomic E-state index is 11.3. The number of hydrogen-bond acceptors (Lipinski definition) is 2. The first-order valence-corrected chi connectivity index (χ1v) is 5.76. The van der Waals surface area contributed by atoms with E-state index < -0.39 is 0 Å². The van der Waals surface area contributed by atoms with Crippen LogP contribution in [0.1, 0.15) is 12.5 Å². The van der Waals surface area contributed by atoms with Gasteiger partial charge in [0.05, 0.1) is 7.11 Å². The molecule has 0 aliphatic carbocycles. The van der Waals surface area contributed by atoms with Crippen LogP contribution in [0.25, 0.3) is 6.08 Å². The minimum absolute atomic E-state index is 0.107. The lowest BCUT2D eigenvalue weighted by Gasteiger charge is -2.04. The van der Waals surface area contributed by atoms with Gasteiger partial charge in [0, 0.05) is 22.7 Å². The Morgan fingerprint density at radius 1 is 1.56 bits per heavy atom. The van der Waals surface area contributed by atoms with Gasteiger partial charge >= 0.3 is 0 Å². The largest absolute Gasteiger partial charge is 0.496 e. The third kappa shape index (κ3) is 3.70. The second kappa shape index (κ2) is 6.33. The first-order valence-electron chi connectivity index (χ1n) is 4.96. The molecule has 1 aromatic rings. The van der Waals surface area contributed by atoms with E-state index >= 15 is 0 Å². The molecule has 0 saturated heterocycles. The zero-order valence-corrected chi connectivity index (χ0v) is 10.9. The molecule has 0 radical (unpaired) electrons. The molecule has 0 aliphatic rings. The Kier molecular flexibility index (Phi) is 5.05. The van der Waals surface area contributed by atoms with E-state index in [1.165, 1.54) is 6.08 Å². The Morgan fingerprint density at radius 3 is 2.94 bits per heavy atom. The van der Waals surface area contributed by atoms with Crippen LogP contribution in [0.5, 0.6) is 5.75 Å². The van der Waals surface area contributed by atoms with Gasteiger partial charge in [0.15, 0.2) is 0 Å². The maximum atomic E-state index is 11.3. The molecule has 0 heterocycles. The van der Waals surface area contributed by atoms with Gasteiger partial charge in [-0.25, -0.2) is 0 Å². The van der Waals surface area contributed by atoms with Crippen LogP contribution in [0.2, 0.25) is 0 Å². The molecular formula is C12H14BrNO2. The molecule has 0 atom stereocenters. The molecule has 1 N–H and O–H groups in total.